The average Bonchev–Trinajstić information content (AvgIpc) is 2.19. The van der Waals surface area contributed by atoms with Gasteiger partial charge in [-0.15, -0.1) is 12.3 Å². The predicted octanol–water partition coefficient (Wildman–Crippen LogP) is 1.39. The van der Waals surface area contributed by atoms with E-state index in [1.54, 1.807) is 18.3 Å². The molecule has 0 aliphatic heterocycles. The van der Waals surface area contributed by atoms with Gasteiger partial charge in [0.1, 0.15) is 11.8 Å². The molecule has 0 atom stereocenters. The van der Waals surface area contributed by atoms with Crippen LogP contribution >= 0.6 is 0 Å². The van der Waals surface area contributed by atoms with E-state index in [0.29, 0.717) is 18.7 Å². The van der Waals surface area contributed by atoms with E-state index in [1.807, 2.05) is 6.07 Å². The largest absolute Gasteiger partial charge is 0.384 e. The van der Waals surface area contributed by atoms with Crippen molar-refractivity contribution in [2.45, 2.75) is 6.42 Å². The van der Waals surface area contributed by atoms with Crippen molar-refractivity contribution in [2.75, 3.05) is 11.9 Å². The molecule has 3 heteroatoms. The third-order valence-corrected chi connectivity index (χ3v) is 1.47. The highest BCUT2D eigenvalue weighted by molar-refractivity contribution is 5.45. The smallest absolute Gasteiger partial charge is 0.142 e. The summed E-state index contributed by atoms with van der Waals surface area (Å²) in [6.07, 6.45) is 7.36. The second-order valence-corrected chi connectivity index (χ2v) is 2.42. The van der Waals surface area contributed by atoms with Gasteiger partial charge in [-0.2, -0.15) is 5.26 Å². The Morgan fingerprint density at radius 3 is 3.15 bits per heavy atom. The summed E-state index contributed by atoms with van der Waals surface area (Å²) in [4.78, 5) is 3.84. The van der Waals surface area contributed by atoms with Crippen molar-refractivity contribution in [1.82, 2.24) is 4.98 Å². The molecular formula is C10H9N3. The van der Waals surface area contributed by atoms with Crippen molar-refractivity contribution in [1.29, 1.82) is 5.26 Å². The molecule has 0 aliphatic carbocycles. The van der Waals surface area contributed by atoms with Crippen LogP contribution in [0.25, 0.3) is 0 Å². The Morgan fingerprint density at radius 2 is 2.46 bits per heavy atom. The fourth-order valence-corrected chi connectivity index (χ4v) is 0.881. The maximum atomic E-state index is 8.56. The molecule has 0 unspecified atom stereocenters. The highest BCUT2D eigenvalue weighted by Gasteiger charge is 1.93. The topological polar surface area (TPSA) is 48.7 Å². The molecule has 0 aliphatic rings. The molecule has 0 spiro atoms. The van der Waals surface area contributed by atoms with Gasteiger partial charge in [0.2, 0.25) is 0 Å². The Hall–Kier alpha value is -2.00. The number of nitrogens with one attached hydrogen (secondary N) is 1. The van der Waals surface area contributed by atoms with E-state index in [0.717, 1.165) is 5.69 Å². The maximum absolute atomic E-state index is 8.56. The lowest BCUT2D eigenvalue weighted by Crippen LogP contribution is -2.00. The Bertz CT molecular complexity index is 357. The number of anilines is 1. The summed E-state index contributed by atoms with van der Waals surface area (Å²) in [5.41, 5.74) is 1.28. The zero-order valence-electron chi connectivity index (χ0n) is 7.12. The van der Waals surface area contributed by atoms with Crippen molar-refractivity contribution in [3.05, 3.63) is 24.0 Å². The predicted molar refractivity (Wildman–Crippen MR) is 50.9 cm³/mol. The standard InChI is InChI=1S/C10H9N3/c1-2-3-5-12-9-4-6-13-10(7-9)8-11/h1,4,6-7H,3,5H2,(H,12,13). The minimum atomic E-state index is 0.408. The lowest BCUT2D eigenvalue weighted by Gasteiger charge is -2.02. The second-order valence-electron chi connectivity index (χ2n) is 2.42. The summed E-state index contributed by atoms with van der Waals surface area (Å²) in [5.74, 6) is 2.52. The molecule has 0 radical (unpaired) electrons. The van der Waals surface area contributed by atoms with Gasteiger partial charge < -0.3 is 5.32 Å². The van der Waals surface area contributed by atoms with E-state index in [2.05, 4.69) is 16.2 Å². The Labute approximate surface area is 77.4 Å². The van der Waals surface area contributed by atoms with Crippen LogP contribution in [0.2, 0.25) is 0 Å². The molecule has 1 aromatic rings. The molecule has 0 bridgehead atoms. The number of rotatable bonds is 3. The quantitative estimate of drug-likeness (QED) is 0.552. The van der Waals surface area contributed by atoms with E-state index in [9.17, 15) is 0 Å². The second kappa shape index (κ2) is 4.79. The van der Waals surface area contributed by atoms with Gasteiger partial charge in [0, 0.05) is 24.8 Å². The molecule has 0 saturated carbocycles. The van der Waals surface area contributed by atoms with Crippen LogP contribution in [0.3, 0.4) is 0 Å². The molecule has 0 amide bonds. The zero-order chi connectivity index (χ0) is 9.52. The Balaban J connectivity index is 2.59. The van der Waals surface area contributed by atoms with Crippen molar-refractivity contribution in [2.24, 2.45) is 0 Å². The molecule has 1 heterocycles. The van der Waals surface area contributed by atoms with Crippen molar-refractivity contribution < 1.29 is 0 Å². The Kier molecular flexibility index (Phi) is 3.35. The van der Waals surface area contributed by atoms with Gasteiger partial charge in [-0.1, -0.05) is 0 Å². The van der Waals surface area contributed by atoms with E-state index >= 15 is 0 Å². The van der Waals surface area contributed by atoms with Gasteiger partial charge in [0.15, 0.2) is 0 Å². The van der Waals surface area contributed by atoms with Crippen LogP contribution in [0.4, 0.5) is 5.69 Å². The molecule has 1 rings (SSSR count). The normalized spacial score (nSPS) is 8.46. The SMILES string of the molecule is C#CCCNc1ccnc(C#N)c1. The summed E-state index contributed by atoms with van der Waals surface area (Å²) < 4.78 is 0. The molecule has 1 N–H and O–H groups in total. The lowest BCUT2D eigenvalue weighted by molar-refractivity contribution is 1.09. The van der Waals surface area contributed by atoms with Crippen LogP contribution in [-0.4, -0.2) is 11.5 Å². The minimum Gasteiger partial charge on any atom is -0.384 e. The molecular weight excluding hydrogens is 162 g/mol. The third-order valence-electron chi connectivity index (χ3n) is 1.47. The van der Waals surface area contributed by atoms with E-state index in [4.69, 9.17) is 11.7 Å². The van der Waals surface area contributed by atoms with Crippen LogP contribution < -0.4 is 5.32 Å². The number of hydrogen-bond acceptors (Lipinski definition) is 3. The van der Waals surface area contributed by atoms with Gasteiger partial charge in [0.25, 0.3) is 0 Å². The fraction of sp³-hybridized carbons (Fsp3) is 0.200. The van der Waals surface area contributed by atoms with E-state index in [-0.39, 0.29) is 0 Å². The van der Waals surface area contributed by atoms with Gasteiger partial charge in [0.05, 0.1) is 0 Å². The van der Waals surface area contributed by atoms with E-state index < -0.39 is 0 Å². The van der Waals surface area contributed by atoms with Gasteiger partial charge in [-0.05, 0) is 12.1 Å². The average molecular weight is 171 g/mol. The van der Waals surface area contributed by atoms with Crippen LogP contribution in [0.15, 0.2) is 18.3 Å². The first-order chi connectivity index (χ1) is 6.36. The minimum absolute atomic E-state index is 0.408. The first-order valence-corrected chi connectivity index (χ1v) is 3.90. The Morgan fingerprint density at radius 1 is 1.62 bits per heavy atom. The summed E-state index contributed by atoms with van der Waals surface area (Å²) in [6.45, 7) is 0.714. The number of nitriles is 1. The summed E-state index contributed by atoms with van der Waals surface area (Å²) in [7, 11) is 0. The molecule has 0 fully saturated rings. The first-order valence-electron chi connectivity index (χ1n) is 3.90. The maximum Gasteiger partial charge on any atom is 0.142 e. The first kappa shape index (κ1) is 9.09. The molecule has 3 nitrogen and oxygen atoms in total. The van der Waals surface area contributed by atoms with Crippen LogP contribution in [-0.2, 0) is 0 Å². The van der Waals surface area contributed by atoms with Crippen LogP contribution in [0.5, 0.6) is 0 Å². The van der Waals surface area contributed by atoms with Gasteiger partial charge in [-0.25, -0.2) is 4.98 Å². The molecule has 64 valence electrons. The third kappa shape index (κ3) is 2.84. The van der Waals surface area contributed by atoms with E-state index in [1.165, 1.54) is 0 Å². The van der Waals surface area contributed by atoms with Crippen molar-refractivity contribution in [3.63, 3.8) is 0 Å². The lowest BCUT2D eigenvalue weighted by atomic mass is 10.3. The number of pyridine rings is 1. The number of terminal acetylenes is 1. The highest BCUT2D eigenvalue weighted by atomic mass is 14.9. The van der Waals surface area contributed by atoms with Crippen molar-refractivity contribution in [3.8, 4) is 18.4 Å². The zero-order valence-corrected chi connectivity index (χ0v) is 7.12. The summed E-state index contributed by atoms with van der Waals surface area (Å²) in [6, 6.07) is 5.46. The number of nitrogens with zero attached hydrogens (tertiary/aromatic N) is 2. The molecule has 0 saturated heterocycles. The summed E-state index contributed by atoms with van der Waals surface area (Å²) in [5, 5.41) is 11.6. The van der Waals surface area contributed by atoms with Gasteiger partial charge >= 0.3 is 0 Å². The fourth-order valence-electron chi connectivity index (χ4n) is 0.881. The molecule has 13 heavy (non-hydrogen) atoms. The number of aromatic nitrogens is 1. The molecule has 0 aromatic carbocycles. The summed E-state index contributed by atoms with van der Waals surface area (Å²) >= 11 is 0. The van der Waals surface area contributed by atoms with Gasteiger partial charge in [-0.3, -0.25) is 0 Å². The van der Waals surface area contributed by atoms with Crippen molar-refractivity contribution >= 4 is 5.69 Å². The molecule has 1 aromatic heterocycles. The number of hydrogen-bond donors (Lipinski definition) is 1. The van der Waals surface area contributed by atoms with Crippen LogP contribution in [0.1, 0.15) is 12.1 Å². The monoisotopic (exact) mass is 171 g/mol. The highest BCUT2D eigenvalue weighted by Crippen LogP contribution is 2.06. The van der Waals surface area contributed by atoms with Crippen LogP contribution in [0, 0.1) is 23.7 Å².